The van der Waals surface area contributed by atoms with Gasteiger partial charge in [0.05, 0.1) is 0 Å². The zero-order valence-electron chi connectivity index (χ0n) is 41.9. The molecule has 0 saturated carbocycles. The Morgan fingerprint density at radius 2 is 0.532 bits per heavy atom. The SMILES string of the molecule is CCCCC/C=C\CCCCCCCC(=O)OC(COC(=O)CCCCCCCCCCCCCC)COC(=O)CCCCCCCCCCCCCCCCCCCCCC. The van der Waals surface area contributed by atoms with E-state index in [1.807, 2.05) is 0 Å². The van der Waals surface area contributed by atoms with Crippen LogP contribution in [0.4, 0.5) is 0 Å². The summed E-state index contributed by atoms with van der Waals surface area (Å²) in [7, 11) is 0. The van der Waals surface area contributed by atoms with Crippen molar-refractivity contribution in [2.75, 3.05) is 13.2 Å². The molecule has 0 aliphatic carbocycles. The number of esters is 3. The van der Waals surface area contributed by atoms with Crippen LogP contribution in [0, 0.1) is 0 Å². The van der Waals surface area contributed by atoms with Crippen molar-refractivity contribution in [3.8, 4) is 0 Å². The summed E-state index contributed by atoms with van der Waals surface area (Å²) in [6, 6.07) is 0. The van der Waals surface area contributed by atoms with Crippen LogP contribution in [0.5, 0.6) is 0 Å². The van der Waals surface area contributed by atoms with Crippen LogP contribution in [0.25, 0.3) is 0 Å². The highest BCUT2D eigenvalue weighted by molar-refractivity contribution is 5.71. The van der Waals surface area contributed by atoms with E-state index >= 15 is 0 Å². The maximum Gasteiger partial charge on any atom is 0.306 e. The number of carbonyl (C=O) groups is 3. The van der Waals surface area contributed by atoms with E-state index in [4.69, 9.17) is 14.2 Å². The van der Waals surface area contributed by atoms with E-state index in [1.165, 1.54) is 205 Å². The fourth-order valence-electron chi connectivity index (χ4n) is 8.32. The molecule has 0 aromatic carbocycles. The van der Waals surface area contributed by atoms with E-state index in [1.54, 1.807) is 0 Å². The van der Waals surface area contributed by atoms with Gasteiger partial charge in [0.25, 0.3) is 0 Å². The number of rotatable bonds is 51. The zero-order valence-corrected chi connectivity index (χ0v) is 41.9. The normalized spacial score (nSPS) is 12.0. The number of unbranched alkanes of at least 4 members (excludes halogenated alkanes) is 38. The van der Waals surface area contributed by atoms with Crippen molar-refractivity contribution in [3.05, 3.63) is 12.2 Å². The Morgan fingerprint density at radius 3 is 0.839 bits per heavy atom. The summed E-state index contributed by atoms with van der Waals surface area (Å²) in [6.45, 7) is 6.65. The lowest BCUT2D eigenvalue weighted by Crippen LogP contribution is -2.30. The fraction of sp³-hybridized carbons (Fsp3) is 0.911. The maximum absolute atomic E-state index is 12.8. The van der Waals surface area contributed by atoms with Crippen LogP contribution in [0.2, 0.25) is 0 Å². The molecule has 0 heterocycles. The minimum absolute atomic E-state index is 0.0678. The highest BCUT2D eigenvalue weighted by atomic mass is 16.6. The monoisotopic (exact) mass is 875 g/mol. The molecule has 1 atom stereocenters. The van der Waals surface area contributed by atoms with Gasteiger partial charge in [-0.3, -0.25) is 14.4 Å². The zero-order chi connectivity index (χ0) is 45.1. The minimum Gasteiger partial charge on any atom is -0.462 e. The standard InChI is InChI=1S/C56H106O6/c1-4-7-10-13-16-19-22-25-26-27-28-29-30-31-32-35-37-40-43-46-49-55(58)61-52-53(62-56(59)50-47-44-41-38-34-24-21-18-15-12-9-6-3)51-60-54(57)48-45-42-39-36-33-23-20-17-14-11-8-5-2/h18,21,53H,4-17,19-20,22-52H2,1-3H3/b21-18-. The first kappa shape index (κ1) is 60.2. The van der Waals surface area contributed by atoms with E-state index < -0.39 is 6.10 Å². The van der Waals surface area contributed by atoms with Crippen molar-refractivity contribution < 1.29 is 28.6 Å². The van der Waals surface area contributed by atoms with E-state index in [2.05, 4.69) is 32.9 Å². The lowest BCUT2D eigenvalue weighted by molar-refractivity contribution is -0.167. The molecular weight excluding hydrogens is 769 g/mol. The van der Waals surface area contributed by atoms with Crippen molar-refractivity contribution in [3.63, 3.8) is 0 Å². The Morgan fingerprint density at radius 1 is 0.306 bits per heavy atom. The van der Waals surface area contributed by atoms with E-state index in [0.717, 1.165) is 64.2 Å². The number of hydrogen-bond donors (Lipinski definition) is 0. The Bertz CT molecular complexity index is 962. The van der Waals surface area contributed by atoms with Gasteiger partial charge in [-0.15, -0.1) is 0 Å². The number of hydrogen-bond acceptors (Lipinski definition) is 6. The van der Waals surface area contributed by atoms with Gasteiger partial charge in [0, 0.05) is 19.3 Å². The summed E-state index contributed by atoms with van der Waals surface area (Å²) >= 11 is 0. The highest BCUT2D eigenvalue weighted by Gasteiger charge is 2.19. The average molecular weight is 875 g/mol. The third-order valence-corrected chi connectivity index (χ3v) is 12.5. The van der Waals surface area contributed by atoms with Crippen LogP contribution in [-0.2, 0) is 28.6 Å². The van der Waals surface area contributed by atoms with Crippen LogP contribution in [0.3, 0.4) is 0 Å². The van der Waals surface area contributed by atoms with Crippen LogP contribution in [0.1, 0.15) is 310 Å². The van der Waals surface area contributed by atoms with Crippen LogP contribution in [-0.4, -0.2) is 37.2 Å². The van der Waals surface area contributed by atoms with Crippen LogP contribution in [0.15, 0.2) is 12.2 Å². The molecule has 6 nitrogen and oxygen atoms in total. The smallest absolute Gasteiger partial charge is 0.306 e. The van der Waals surface area contributed by atoms with Crippen LogP contribution >= 0.6 is 0 Å². The second-order valence-electron chi connectivity index (χ2n) is 18.9. The number of ether oxygens (including phenoxy) is 3. The average Bonchev–Trinajstić information content (AvgIpc) is 3.27. The number of allylic oxidation sites excluding steroid dienone is 2. The van der Waals surface area contributed by atoms with Crippen molar-refractivity contribution in [2.24, 2.45) is 0 Å². The third-order valence-electron chi connectivity index (χ3n) is 12.5. The van der Waals surface area contributed by atoms with Gasteiger partial charge >= 0.3 is 17.9 Å². The van der Waals surface area contributed by atoms with Crippen molar-refractivity contribution in [1.29, 1.82) is 0 Å². The van der Waals surface area contributed by atoms with Crippen molar-refractivity contribution in [1.82, 2.24) is 0 Å². The van der Waals surface area contributed by atoms with Gasteiger partial charge in [0.15, 0.2) is 6.10 Å². The molecule has 0 aliphatic heterocycles. The lowest BCUT2D eigenvalue weighted by atomic mass is 10.0. The quantitative estimate of drug-likeness (QED) is 0.0262. The van der Waals surface area contributed by atoms with Gasteiger partial charge in [-0.25, -0.2) is 0 Å². The largest absolute Gasteiger partial charge is 0.462 e. The van der Waals surface area contributed by atoms with E-state index in [-0.39, 0.29) is 31.1 Å². The molecule has 0 amide bonds. The molecule has 0 aromatic heterocycles. The van der Waals surface area contributed by atoms with Gasteiger partial charge < -0.3 is 14.2 Å². The maximum atomic E-state index is 12.8. The van der Waals surface area contributed by atoms with Gasteiger partial charge in [0.2, 0.25) is 0 Å². The van der Waals surface area contributed by atoms with Gasteiger partial charge in [0.1, 0.15) is 13.2 Å². The summed E-state index contributed by atoms with van der Waals surface area (Å²) in [4.78, 5) is 38.0. The number of carbonyl (C=O) groups excluding carboxylic acids is 3. The first-order chi connectivity index (χ1) is 30.5. The summed E-state index contributed by atoms with van der Waals surface area (Å²) < 4.78 is 16.8. The summed E-state index contributed by atoms with van der Waals surface area (Å²) in [5.41, 5.74) is 0. The lowest BCUT2D eigenvalue weighted by Gasteiger charge is -2.18. The molecule has 0 aliphatic rings. The molecule has 366 valence electrons. The molecule has 0 N–H and O–H groups in total. The summed E-state index contributed by atoms with van der Waals surface area (Å²) in [6.07, 6.45) is 57.7. The van der Waals surface area contributed by atoms with Gasteiger partial charge in [-0.1, -0.05) is 258 Å². The molecule has 0 bridgehead atoms. The molecule has 0 spiro atoms. The third kappa shape index (κ3) is 49.2. The summed E-state index contributed by atoms with van der Waals surface area (Å²) in [5.74, 6) is -0.858. The summed E-state index contributed by atoms with van der Waals surface area (Å²) in [5, 5.41) is 0. The molecular formula is C56H106O6. The van der Waals surface area contributed by atoms with Crippen LogP contribution < -0.4 is 0 Å². The Hall–Kier alpha value is -1.85. The molecule has 6 heteroatoms. The minimum atomic E-state index is -0.767. The van der Waals surface area contributed by atoms with E-state index in [0.29, 0.717) is 19.3 Å². The Balaban J connectivity index is 4.24. The fourth-order valence-corrected chi connectivity index (χ4v) is 8.32. The first-order valence-electron chi connectivity index (χ1n) is 27.7. The molecule has 0 saturated heterocycles. The first-order valence-corrected chi connectivity index (χ1v) is 27.7. The van der Waals surface area contributed by atoms with Crippen molar-refractivity contribution >= 4 is 17.9 Å². The van der Waals surface area contributed by atoms with Crippen molar-refractivity contribution in [2.45, 2.75) is 316 Å². The molecule has 0 rings (SSSR count). The Kier molecular flexibility index (Phi) is 50.2. The predicted octanol–water partition coefficient (Wildman–Crippen LogP) is 18.2. The molecule has 0 fully saturated rings. The molecule has 0 radical (unpaired) electrons. The molecule has 0 aromatic rings. The molecule has 1 unspecified atom stereocenters. The van der Waals surface area contributed by atoms with E-state index in [9.17, 15) is 14.4 Å². The van der Waals surface area contributed by atoms with Gasteiger partial charge in [-0.05, 0) is 44.9 Å². The predicted molar refractivity (Wildman–Crippen MR) is 266 cm³/mol. The second-order valence-corrected chi connectivity index (χ2v) is 18.9. The topological polar surface area (TPSA) is 78.9 Å². The highest BCUT2D eigenvalue weighted by Crippen LogP contribution is 2.17. The Labute approximate surface area is 386 Å². The van der Waals surface area contributed by atoms with Gasteiger partial charge in [-0.2, -0.15) is 0 Å². The molecule has 62 heavy (non-hydrogen) atoms. The second kappa shape index (κ2) is 51.8.